The largest absolute Gasteiger partial charge is 0.489 e. The molecule has 2 aromatic rings. The molecule has 2 rings (SSSR count). The van der Waals surface area contributed by atoms with E-state index in [-0.39, 0.29) is 5.92 Å². The Balaban J connectivity index is 1.78. The van der Waals surface area contributed by atoms with Crippen LogP contribution in [0.4, 0.5) is 0 Å². The molecule has 0 aliphatic rings. The van der Waals surface area contributed by atoms with Gasteiger partial charge in [0, 0.05) is 13.1 Å². The highest BCUT2D eigenvalue weighted by molar-refractivity contribution is 5.69. The normalized spacial score (nSPS) is 12.4. The summed E-state index contributed by atoms with van der Waals surface area (Å²) in [6, 6.07) is 18.0. The third kappa shape index (κ3) is 6.81. The molecule has 0 aromatic heterocycles. The molecule has 0 heterocycles. The molecule has 1 atom stereocenters. The molecule has 0 fully saturated rings. The quantitative estimate of drug-likeness (QED) is 0.752. The molecule has 0 aliphatic heterocycles. The molecule has 25 heavy (non-hydrogen) atoms. The summed E-state index contributed by atoms with van der Waals surface area (Å²) in [4.78, 5) is 12.8. The van der Waals surface area contributed by atoms with Gasteiger partial charge in [0.15, 0.2) is 0 Å². The van der Waals surface area contributed by atoms with Crippen LogP contribution < -0.4 is 4.74 Å². The molecule has 4 heteroatoms. The maximum atomic E-state index is 10.8. The summed E-state index contributed by atoms with van der Waals surface area (Å²) in [6.45, 7) is 3.52. The number of hydrogen-bond acceptors (Lipinski definition) is 3. The minimum atomic E-state index is -0.762. The summed E-state index contributed by atoms with van der Waals surface area (Å²) >= 11 is 0. The summed E-state index contributed by atoms with van der Waals surface area (Å²) in [5.74, 6) is -0.283. The topological polar surface area (TPSA) is 49.8 Å². The van der Waals surface area contributed by atoms with Crippen LogP contribution >= 0.6 is 0 Å². The van der Waals surface area contributed by atoms with Gasteiger partial charge in [0.05, 0.1) is 5.92 Å². The van der Waals surface area contributed by atoms with Gasteiger partial charge in [-0.3, -0.25) is 4.79 Å². The van der Waals surface area contributed by atoms with E-state index in [1.807, 2.05) is 78.7 Å². The summed E-state index contributed by atoms with van der Waals surface area (Å²) < 4.78 is 5.77. The Hall–Kier alpha value is -2.59. The fourth-order valence-corrected chi connectivity index (χ4v) is 2.40. The first-order chi connectivity index (χ1) is 12.0. The van der Waals surface area contributed by atoms with Crippen molar-refractivity contribution in [2.45, 2.75) is 13.5 Å². The molecule has 132 valence electrons. The third-order valence-electron chi connectivity index (χ3n) is 3.86. The maximum absolute atomic E-state index is 10.8. The minimum Gasteiger partial charge on any atom is -0.489 e. The van der Waals surface area contributed by atoms with Gasteiger partial charge in [-0.1, -0.05) is 61.5 Å². The zero-order chi connectivity index (χ0) is 18.1. The van der Waals surface area contributed by atoms with Crippen LogP contribution in [0.25, 0.3) is 6.08 Å². The lowest BCUT2D eigenvalue weighted by molar-refractivity contribution is -0.141. The molecule has 0 spiro atoms. The second-order valence-electron chi connectivity index (χ2n) is 6.21. The van der Waals surface area contributed by atoms with Gasteiger partial charge in [-0.15, -0.1) is 0 Å². The zero-order valence-electron chi connectivity index (χ0n) is 14.8. The lowest BCUT2D eigenvalue weighted by Crippen LogP contribution is -2.28. The van der Waals surface area contributed by atoms with Gasteiger partial charge in [-0.25, -0.2) is 0 Å². The predicted molar refractivity (Wildman–Crippen MR) is 101 cm³/mol. The Morgan fingerprint density at radius 1 is 1.16 bits per heavy atom. The molecule has 1 N–H and O–H groups in total. The number of nitrogens with zero attached hydrogens (tertiary/aromatic N) is 1. The zero-order valence-corrected chi connectivity index (χ0v) is 14.8. The highest BCUT2D eigenvalue weighted by Crippen LogP contribution is 2.15. The summed E-state index contributed by atoms with van der Waals surface area (Å²) in [5.41, 5.74) is 2.23. The van der Waals surface area contributed by atoms with Crippen LogP contribution in [0.15, 0.2) is 60.7 Å². The summed E-state index contributed by atoms with van der Waals surface area (Å²) in [7, 11) is 1.92. The predicted octanol–water partition coefficient (Wildman–Crippen LogP) is 3.93. The maximum Gasteiger partial charge on any atom is 0.307 e. The second-order valence-corrected chi connectivity index (χ2v) is 6.21. The number of hydrogen-bond donors (Lipinski definition) is 1. The van der Waals surface area contributed by atoms with Crippen LogP contribution in [0.1, 0.15) is 18.1 Å². The molecular weight excluding hydrogens is 314 g/mol. The van der Waals surface area contributed by atoms with Gasteiger partial charge in [0.1, 0.15) is 12.4 Å². The smallest absolute Gasteiger partial charge is 0.307 e. The van der Waals surface area contributed by atoms with E-state index in [2.05, 4.69) is 0 Å². The van der Waals surface area contributed by atoms with Crippen LogP contribution in [0.2, 0.25) is 0 Å². The number of likely N-dealkylation sites (N-methyl/N-ethyl adjacent to an activating group) is 1. The Morgan fingerprint density at radius 3 is 2.48 bits per heavy atom. The van der Waals surface area contributed by atoms with E-state index < -0.39 is 5.97 Å². The van der Waals surface area contributed by atoms with E-state index in [1.165, 1.54) is 0 Å². The number of benzene rings is 2. The second kappa shape index (κ2) is 9.64. The van der Waals surface area contributed by atoms with Crippen molar-refractivity contribution in [2.24, 2.45) is 5.92 Å². The van der Waals surface area contributed by atoms with Crippen LogP contribution in [-0.4, -0.2) is 36.1 Å². The number of carboxylic acid groups (broad SMARTS) is 1. The average Bonchev–Trinajstić information content (AvgIpc) is 2.62. The van der Waals surface area contributed by atoms with Crippen LogP contribution in [-0.2, 0) is 11.4 Å². The number of rotatable bonds is 9. The molecular formula is C21H25NO3. The molecule has 0 bridgehead atoms. The van der Waals surface area contributed by atoms with Crippen molar-refractivity contribution in [3.63, 3.8) is 0 Å². The van der Waals surface area contributed by atoms with Crippen molar-refractivity contribution in [1.82, 2.24) is 4.90 Å². The van der Waals surface area contributed by atoms with E-state index in [4.69, 9.17) is 9.84 Å². The van der Waals surface area contributed by atoms with Crippen LogP contribution in [0, 0.1) is 5.92 Å². The molecule has 0 radical (unpaired) electrons. The van der Waals surface area contributed by atoms with Gasteiger partial charge >= 0.3 is 5.97 Å². The van der Waals surface area contributed by atoms with Crippen molar-refractivity contribution in [1.29, 1.82) is 0 Å². The Morgan fingerprint density at radius 2 is 1.84 bits per heavy atom. The first kappa shape index (κ1) is 18.7. The average molecular weight is 339 g/mol. The van der Waals surface area contributed by atoms with Crippen LogP contribution in [0.5, 0.6) is 5.75 Å². The fraction of sp³-hybridized carbons (Fsp3) is 0.286. The molecule has 0 saturated heterocycles. The lowest BCUT2D eigenvalue weighted by atomic mass is 10.1. The number of aliphatic carboxylic acids is 1. The van der Waals surface area contributed by atoms with Crippen molar-refractivity contribution in [2.75, 3.05) is 20.1 Å². The van der Waals surface area contributed by atoms with Gasteiger partial charge in [-0.05, 0) is 30.3 Å². The highest BCUT2D eigenvalue weighted by Gasteiger charge is 2.12. The van der Waals surface area contributed by atoms with E-state index in [1.54, 1.807) is 6.92 Å². The summed E-state index contributed by atoms with van der Waals surface area (Å²) in [5, 5.41) is 8.92. The van der Waals surface area contributed by atoms with E-state index in [9.17, 15) is 4.79 Å². The van der Waals surface area contributed by atoms with Crippen molar-refractivity contribution in [3.8, 4) is 5.75 Å². The molecule has 4 nitrogen and oxygen atoms in total. The number of carboxylic acids is 1. The van der Waals surface area contributed by atoms with Gasteiger partial charge in [0.2, 0.25) is 0 Å². The van der Waals surface area contributed by atoms with Crippen molar-refractivity contribution >= 4 is 12.0 Å². The Labute approximate surface area is 149 Å². The van der Waals surface area contributed by atoms with E-state index >= 15 is 0 Å². The fourth-order valence-electron chi connectivity index (χ4n) is 2.40. The first-order valence-electron chi connectivity index (χ1n) is 8.39. The standard InChI is InChI=1S/C21H25NO3/c1-17(21(23)24)15-22(2)14-6-9-18-10-12-20(13-11-18)25-16-19-7-4-3-5-8-19/h3-13,17H,14-16H2,1-2H3,(H,23,24)/b9-6+. The Kier molecular flexibility index (Phi) is 7.23. The van der Waals surface area contributed by atoms with Gasteiger partial charge in [-0.2, -0.15) is 0 Å². The van der Waals surface area contributed by atoms with E-state index in [0.29, 0.717) is 19.7 Å². The van der Waals surface area contributed by atoms with Crippen molar-refractivity contribution in [3.05, 3.63) is 71.8 Å². The molecule has 1 unspecified atom stereocenters. The van der Waals surface area contributed by atoms with Gasteiger partial charge in [0.25, 0.3) is 0 Å². The molecule has 2 aromatic carbocycles. The molecule has 0 amide bonds. The Bertz CT molecular complexity index is 680. The van der Waals surface area contributed by atoms with Crippen molar-refractivity contribution < 1.29 is 14.6 Å². The first-order valence-corrected chi connectivity index (χ1v) is 8.39. The van der Waals surface area contributed by atoms with Crippen LogP contribution in [0.3, 0.4) is 0 Å². The highest BCUT2D eigenvalue weighted by atomic mass is 16.5. The third-order valence-corrected chi connectivity index (χ3v) is 3.86. The molecule has 0 saturated carbocycles. The lowest BCUT2D eigenvalue weighted by Gasteiger charge is -2.16. The SMILES string of the molecule is CC(CN(C)C/C=C/c1ccc(OCc2ccccc2)cc1)C(=O)O. The summed E-state index contributed by atoms with van der Waals surface area (Å²) in [6.07, 6.45) is 4.07. The van der Waals surface area contributed by atoms with Gasteiger partial charge < -0.3 is 14.7 Å². The number of carbonyl (C=O) groups is 1. The monoisotopic (exact) mass is 339 g/mol. The minimum absolute atomic E-state index is 0.362. The van der Waals surface area contributed by atoms with E-state index in [0.717, 1.165) is 16.9 Å². The number of ether oxygens (including phenoxy) is 1. The molecule has 0 aliphatic carbocycles.